The van der Waals surface area contributed by atoms with Crippen LogP contribution in [0.3, 0.4) is 0 Å². The van der Waals surface area contributed by atoms with Crippen LogP contribution in [0.5, 0.6) is 0 Å². The summed E-state index contributed by atoms with van der Waals surface area (Å²) in [6.45, 7) is 3.32. The number of fused-ring (bicyclic) bond motifs is 1. The molecule has 0 spiro atoms. The van der Waals surface area contributed by atoms with E-state index in [2.05, 4.69) is 9.88 Å². The quantitative estimate of drug-likeness (QED) is 0.839. The van der Waals surface area contributed by atoms with Gasteiger partial charge in [0.15, 0.2) is 0 Å². The van der Waals surface area contributed by atoms with E-state index in [-0.39, 0.29) is 12.1 Å². The van der Waals surface area contributed by atoms with Crippen molar-refractivity contribution in [2.75, 3.05) is 26.2 Å². The molecule has 2 fully saturated rings. The third-order valence-electron chi connectivity index (χ3n) is 5.26. The third-order valence-corrected chi connectivity index (χ3v) is 5.26. The van der Waals surface area contributed by atoms with E-state index in [4.69, 9.17) is 4.74 Å². The van der Waals surface area contributed by atoms with E-state index in [1.54, 1.807) is 24.3 Å². The molecule has 2 aliphatic heterocycles. The summed E-state index contributed by atoms with van der Waals surface area (Å²) < 4.78 is 47.5. The Morgan fingerprint density at radius 2 is 1.88 bits per heavy atom. The normalized spacial score (nSPS) is 23.6. The second kappa shape index (κ2) is 6.61. The molecule has 0 amide bonds. The lowest BCUT2D eigenvalue weighted by atomic mass is 10.0. The standard InChI is InChI=1S/C18H22F3N3O/c19-18(20,21)17-22-15-5-1-2-6-16(15)24(17)13-7-9-23(10-8-13)12-14-4-3-11-25-14/h1-2,5-6,13-14H,3-4,7-12H2. The molecular weight excluding hydrogens is 331 g/mol. The predicted molar refractivity (Wildman–Crippen MR) is 88.4 cm³/mol. The number of alkyl halides is 3. The Balaban J connectivity index is 1.54. The van der Waals surface area contributed by atoms with Gasteiger partial charge < -0.3 is 14.2 Å². The van der Waals surface area contributed by atoms with Crippen LogP contribution in [0.15, 0.2) is 24.3 Å². The van der Waals surface area contributed by atoms with Gasteiger partial charge in [0.2, 0.25) is 5.82 Å². The summed E-state index contributed by atoms with van der Waals surface area (Å²) in [6.07, 6.45) is -0.543. The van der Waals surface area contributed by atoms with Crippen LogP contribution in [0.2, 0.25) is 0 Å². The van der Waals surface area contributed by atoms with Gasteiger partial charge in [-0.25, -0.2) is 4.98 Å². The number of imidazole rings is 1. The topological polar surface area (TPSA) is 30.3 Å². The highest BCUT2D eigenvalue weighted by molar-refractivity contribution is 5.76. The zero-order valence-electron chi connectivity index (χ0n) is 14.0. The van der Waals surface area contributed by atoms with Gasteiger partial charge in [0.05, 0.1) is 17.1 Å². The molecule has 1 aromatic carbocycles. The number of ether oxygens (including phenoxy) is 1. The summed E-state index contributed by atoms with van der Waals surface area (Å²) in [5, 5.41) is 0. The molecule has 0 bridgehead atoms. The molecule has 25 heavy (non-hydrogen) atoms. The smallest absolute Gasteiger partial charge is 0.377 e. The summed E-state index contributed by atoms with van der Waals surface area (Å²) in [5.74, 6) is -0.772. The minimum absolute atomic E-state index is 0.162. The first-order valence-corrected chi connectivity index (χ1v) is 8.90. The van der Waals surface area contributed by atoms with E-state index < -0.39 is 12.0 Å². The Kier molecular flexibility index (Phi) is 4.45. The Hall–Kier alpha value is -1.60. The number of benzene rings is 1. The zero-order chi connectivity index (χ0) is 17.4. The summed E-state index contributed by atoms with van der Waals surface area (Å²) in [7, 11) is 0. The van der Waals surface area contributed by atoms with Crippen molar-refractivity contribution in [3.05, 3.63) is 30.1 Å². The van der Waals surface area contributed by atoms with Crippen molar-refractivity contribution in [3.8, 4) is 0 Å². The molecular formula is C18H22F3N3O. The number of likely N-dealkylation sites (tertiary alicyclic amines) is 1. The van der Waals surface area contributed by atoms with Crippen LogP contribution < -0.4 is 0 Å². The summed E-state index contributed by atoms with van der Waals surface area (Å²) in [5.41, 5.74) is 0.990. The van der Waals surface area contributed by atoms with Gasteiger partial charge in [-0.3, -0.25) is 0 Å². The maximum Gasteiger partial charge on any atom is 0.449 e. The molecule has 1 unspecified atom stereocenters. The molecule has 3 heterocycles. The van der Waals surface area contributed by atoms with Gasteiger partial charge in [-0.05, 0) is 37.8 Å². The number of rotatable bonds is 3. The largest absolute Gasteiger partial charge is 0.449 e. The van der Waals surface area contributed by atoms with Crippen LogP contribution in [0.4, 0.5) is 13.2 Å². The van der Waals surface area contributed by atoms with Gasteiger partial charge in [0, 0.05) is 32.3 Å². The van der Waals surface area contributed by atoms with E-state index >= 15 is 0 Å². The van der Waals surface area contributed by atoms with Crippen LogP contribution in [-0.2, 0) is 10.9 Å². The van der Waals surface area contributed by atoms with Crippen molar-refractivity contribution in [2.45, 2.75) is 44.0 Å². The van der Waals surface area contributed by atoms with Gasteiger partial charge >= 0.3 is 6.18 Å². The maximum absolute atomic E-state index is 13.5. The number of hydrogen-bond acceptors (Lipinski definition) is 3. The van der Waals surface area contributed by atoms with Gasteiger partial charge in [0.1, 0.15) is 0 Å². The SMILES string of the molecule is FC(F)(F)c1nc2ccccc2n1C1CCN(CC2CCCO2)CC1. The Labute approximate surface area is 144 Å². The van der Waals surface area contributed by atoms with Gasteiger partial charge in [0.25, 0.3) is 0 Å². The number of halogens is 3. The first kappa shape index (κ1) is 16.8. The van der Waals surface area contributed by atoms with Crippen molar-refractivity contribution in [1.82, 2.24) is 14.5 Å². The minimum Gasteiger partial charge on any atom is -0.377 e. The minimum atomic E-state index is -4.44. The average Bonchev–Trinajstić information content (AvgIpc) is 3.22. The third kappa shape index (κ3) is 3.40. The lowest BCUT2D eigenvalue weighted by molar-refractivity contribution is -0.148. The molecule has 0 saturated carbocycles. The molecule has 0 radical (unpaired) electrons. The molecule has 7 heteroatoms. The maximum atomic E-state index is 13.5. The van der Waals surface area contributed by atoms with Crippen LogP contribution >= 0.6 is 0 Å². The number of nitrogens with zero attached hydrogens (tertiary/aromatic N) is 3. The molecule has 2 saturated heterocycles. The molecule has 0 N–H and O–H groups in total. The lowest BCUT2D eigenvalue weighted by Crippen LogP contribution is -2.39. The van der Waals surface area contributed by atoms with Crippen LogP contribution in [0, 0.1) is 0 Å². The summed E-state index contributed by atoms with van der Waals surface area (Å²) in [6, 6.07) is 6.71. The van der Waals surface area contributed by atoms with Crippen molar-refractivity contribution >= 4 is 11.0 Å². The Morgan fingerprint density at radius 3 is 2.56 bits per heavy atom. The fourth-order valence-corrected chi connectivity index (χ4v) is 4.05. The van der Waals surface area contributed by atoms with Gasteiger partial charge in [-0.2, -0.15) is 13.2 Å². The number of piperidine rings is 1. The Morgan fingerprint density at radius 1 is 1.12 bits per heavy atom. The highest BCUT2D eigenvalue weighted by Crippen LogP contribution is 2.36. The van der Waals surface area contributed by atoms with Gasteiger partial charge in [-0.1, -0.05) is 12.1 Å². The number of hydrogen-bond donors (Lipinski definition) is 0. The van der Waals surface area contributed by atoms with E-state index in [9.17, 15) is 13.2 Å². The first-order valence-electron chi connectivity index (χ1n) is 8.90. The van der Waals surface area contributed by atoms with Gasteiger partial charge in [-0.15, -0.1) is 0 Å². The van der Waals surface area contributed by atoms with Crippen LogP contribution in [0.25, 0.3) is 11.0 Å². The second-order valence-electron chi connectivity index (χ2n) is 6.96. The zero-order valence-corrected chi connectivity index (χ0v) is 14.0. The first-order chi connectivity index (χ1) is 12.0. The predicted octanol–water partition coefficient (Wildman–Crippen LogP) is 3.87. The molecule has 4 rings (SSSR count). The fourth-order valence-electron chi connectivity index (χ4n) is 4.05. The second-order valence-corrected chi connectivity index (χ2v) is 6.96. The van der Waals surface area contributed by atoms with Crippen molar-refractivity contribution in [1.29, 1.82) is 0 Å². The van der Waals surface area contributed by atoms with Crippen molar-refractivity contribution in [2.24, 2.45) is 0 Å². The molecule has 1 aromatic heterocycles. The van der Waals surface area contributed by atoms with E-state index in [1.165, 1.54) is 4.57 Å². The highest BCUT2D eigenvalue weighted by atomic mass is 19.4. The van der Waals surface area contributed by atoms with Crippen LogP contribution in [0.1, 0.15) is 37.5 Å². The van der Waals surface area contributed by atoms with E-state index in [1.807, 2.05) is 0 Å². The molecule has 1 atom stereocenters. The van der Waals surface area contributed by atoms with Crippen molar-refractivity contribution < 1.29 is 17.9 Å². The molecule has 2 aromatic rings. The fraction of sp³-hybridized carbons (Fsp3) is 0.611. The molecule has 4 nitrogen and oxygen atoms in total. The monoisotopic (exact) mass is 353 g/mol. The van der Waals surface area contributed by atoms with Crippen molar-refractivity contribution in [3.63, 3.8) is 0 Å². The van der Waals surface area contributed by atoms with E-state index in [0.717, 1.165) is 39.1 Å². The summed E-state index contributed by atoms with van der Waals surface area (Å²) in [4.78, 5) is 6.18. The highest BCUT2D eigenvalue weighted by Gasteiger charge is 2.39. The van der Waals surface area contributed by atoms with Crippen LogP contribution in [-0.4, -0.2) is 46.8 Å². The average molecular weight is 353 g/mol. The molecule has 2 aliphatic rings. The Bertz CT molecular complexity index is 729. The number of para-hydroxylation sites is 2. The summed E-state index contributed by atoms with van der Waals surface area (Å²) >= 11 is 0. The lowest BCUT2D eigenvalue weighted by Gasteiger charge is -2.34. The molecule has 0 aliphatic carbocycles. The van der Waals surface area contributed by atoms with E-state index in [0.29, 0.717) is 23.9 Å². The number of aromatic nitrogens is 2. The molecule has 136 valence electrons.